The van der Waals surface area contributed by atoms with Gasteiger partial charge in [-0.2, -0.15) is 5.10 Å². The Morgan fingerprint density at radius 3 is 2.68 bits per heavy atom. The number of benzene rings is 1. The van der Waals surface area contributed by atoms with Crippen molar-refractivity contribution < 1.29 is 9.59 Å². The molecule has 0 spiro atoms. The topological polar surface area (TPSA) is 67.2 Å². The molecule has 178 valence electrons. The smallest absolute Gasteiger partial charge is 0.273 e. The van der Waals surface area contributed by atoms with E-state index in [1.807, 2.05) is 54.8 Å². The fraction of sp³-hybridized carbons (Fsp3) is 0.423. The Balaban J connectivity index is 1.45. The summed E-state index contributed by atoms with van der Waals surface area (Å²) in [5.41, 5.74) is 1.35. The summed E-state index contributed by atoms with van der Waals surface area (Å²) < 4.78 is 1.72. The molecule has 0 bridgehead atoms. The quantitative estimate of drug-likeness (QED) is 0.512. The zero-order valence-electron chi connectivity index (χ0n) is 19.3. The van der Waals surface area contributed by atoms with Crippen molar-refractivity contribution in [1.29, 1.82) is 0 Å². The van der Waals surface area contributed by atoms with Gasteiger partial charge in [0.05, 0.1) is 11.4 Å². The molecule has 1 N–H and O–H groups in total. The molecule has 8 heteroatoms. The third-order valence-electron chi connectivity index (χ3n) is 7.04. The molecule has 3 aromatic rings. The number of rotatable bonds is 6. The summed E-state index contributed by atoms with van der Waals surface area (Å²) in [4.78, 5) is 30.2. The Kier molecular flexibility index (Phi) is 6.49. The number of carbonyl (C=O) groups excluding carboxylic acids is 2. The highest BCUT2D eigenvalue weighted by atomic mass is 35.5. The van der Waals surface area contributed by atoms with Gasteiger partial charge >= 0.3 is 0 Å². The Morgan fingerprint density at radius 2 is 1.97 bits per heavy atom. The standard InChI is InChI=1S/C26H29ClN4O2S/c1-26(25(33)28-20-6-3-2-4-7-20)17-31-22(16-21(29-31)23-8-5-15-34-23)24(32)30(26)14-13-18-9-11-19(27)12-10-18/h5,8-12,15-16,20H,2-4,6-7,13-14,17H2,1H3,(H,28,33)/t26-/m1/s1. The summed E-state index contributed by atoms with van der Waals surface area (Å²) in [6.07, 6.45) is 6.12. The molecule has 0 radical (unpaired) electrons. The van der Waals surface area contributed by atoms with Crippen LogP contribution in [0, 0.1) is 0 Å². The highest BCUT2D eigenvalue weighted by molar-refractivity contribution is 7.13. The number of carbonyl (C=O) groups is 2. The minimum atomic E-state index is -1.02. The molecule has 34 heavy (non-hydrogen) atoms. The second-order valence-corrected chi connectivity index (χ2v) is 10.8. The van der Waals surface area contributed by atoms with Gasteiger partial charge in [0, 0.05) is 17.6 Å². The van der Waals surface area contributed by atoms with Crippen LogP contribution in [0.15, 0.2) is 47.8 Å². The molecule has 1 aliphatic carbocycles. The van der Waals surface area contributed by atoms with Crippen LogP contribution in [-0.4, -0.2) is 44.6 Å². The molecule has 2 aromatic heterocycles. The number of hydrogen-bond donors (Lipinski definition) is 1. The van der Waals surface area contributed by atoms with Crippen LogP contribution < -0.4 is 5.32 Å². The molecule has 0 unspecified atom stereocenters. The van der Waals surface area contributed by atoms with Crippen molar-refractivity contribution in [2.75, 3.05) is 6.54 Å². The van der Waals surface area contributed by atoms with Crippen LogP contribution in [0.4, 0.5) is 0 Å². The van der Waals surface area contributed by atoms with Crippen molar-refractivity contribution in [3.8, 4) is 10.6 Å². The maximum atomic E-state index is 13.8. The highest BCUT2D eigenvalue weighted by Crippen LogP contribution is 2.32. The van der Waals surface area contributed by atoms with E-state index in [0.717, 1.165) is 41.8 Å². The van der Waals surface area contributed by atoms with Gasteiger partial charge in [-0.15, -0.1) is 11.3 Å². The van der Waals surface area contributed by atoms with E-state index in [1.54, 1.807) is 20.9 Å². The van der Waals surface area contributed by atoms with E-state index in [-0.39, 0.29) is 17.9 Å². The number of amides is 2. The summed E-state index contributed by atoms with van der Waals surface area (Å²) in [5.74, 6) is -0.250. The van der Waals surface area contributed by atoms with Gasteiger partial charge in [-0.1, -0.05) is 49.1 Å². The van der Waals surface area contributed by atoms with Gasteiger partial charge in [0.1, 0.15) is 16.9 Å². The minimum Gasteiger partial charge on any atom is -0.351 e. The maximum absolute atomic E-state index is 13.8. The second kappa shape index (κ2) is 9.55. The van der Waals surface area contributed by atoms with Gasteiger partial charge in [0.25, 0.3) is 5.91 Å². The number of thiophene rings is 1. The van der Waals surface area contributed by atoms with Crippen molar-refractivity contribution in [1.82, 2.24) is 20.0 Å². The predicted molar refractivity (Wildman–Crippen MR) is 135 cm³/mol. The first-order valence-corrected chi connectivity index (χ1v) is 13.2. The molecule has 1 aliphatic heterocycles. The Bertz CT molecular complexity index is 1170. The van der Waals surface area contributed by atoms with E-state index in [0.29, 0.717) is 30.2 Å². The van der Waals surface area contributed by atoms with Crippen molar-refractivity contribution in [3.63, 3.8) is 0 Å². The number of halogens is 1. The number of nitrogens with one attached hydrogen (secondary N) is 1. The lowest BCUT2D eigenvalue weighted by molar-refractivity contribution is -0.134. The Morgan fingerprint density at radius 1 is 1.21 bits per heavy atom. The molecular formula is C26H29ClN4O2S. The monoisotopic (exact) mass is 496 g/mol. The van der Waals surface area contributed by atoms with E-state index in [9.17, 15) is 9.59 Å². The second-order valence-electron chi connectivity index (χ2n) is 9.47. The zero-order chi connectivity index (χ0) is 23.7. The van der Waals surface area contributed by atoms with E-state index >= 15 is 0 Å². The molecular weight excluding hydrogens is 468 g/mol. The first kappa shape index (κ1) is 23.1. The minimum absolute atomic E-state index is 0.0947. The molecule has 1 fully saturated rings. The number of hydrogen-bond acceptors (Lipinski definition) is 4. The third kappa shape index (κ3) is 4.51. The summed E-state index contributed by atoms with van der Waals surface area (Å²) >= 11 is 7.63. The number of fused-ring (bicyclic) bond motifs is 1. The van der Waals surface area contributed by atoms with E-state index in [4.69, 9.17) is 16.7 Å². The lowest BCUT2D eigenvalue weighted by Crippen LogP contribution is -2.65. The van der Waals surface area contributed by atoms with Crippen LogP contribution in [0.3, 0.4) is 0 Å². The average Bonchev–Trinajstić information content (AvgIpc) is 3.51. The molecule has 5 rings (SSSR count). The van der Waals surface area contributed by atoms with Crippen LogP contribution in [0.1, 0.15) is 55.1 Å². The average molecular weight is 497 g/mol. The number of nitrogens with zero attached hydrogens (tertiary/aromatic N) is 3. The van der Waals surface area contributed by atoms with Crippen molar-refractivity contribution in [2.24, 2.45) is 0 Å². The van der Waals surface area contributed by atoms with Gasteiger partial charge in [0.2, 0.25) is 5.91 Å². The summed E-state index contributed by atoms with van der Waals surface area (Å²) in [6.45, 7) is 2.65. The molecule has 1 aromatic carbocycles. The van der Waals surface area contributed by atoms with Crippen molar-refractivity contribution in [3.05, 3.63) is 64.1 Å². The fourth-order valence-electron chi connectivity index (χ4n) is 5.02. The first-order chi connectivity index (χ1) is 16.4. The van der Waals surface area contributed by atoms with Crippen LogP contribution in [0.5, 0.6) is 0 Å². The molecule has 1 atom stereocenters. The van der Waals surface area contributed by atoms with Gasteiger partial charge in [-0.05, 0) is 61.4 Å². The van der Waals surface area contributed by atoms with E-state index < -0.39 is 5.54 Å². The van der Waals surface area contributed by atoms with Crippen molar-refractivity contribution in [2.45, 2.75) is 63.6 Å². The molecule has 0 saturated heterocycles. The number of aromatic nitrogens is 2. The molecule has 1 saturated carbocycles. The van der Waals surface area contributed by atoms with Crippen LogP contribution in [-0.2, 0) is 17.8 Å². The maximum Gasteiger partial charge on any atom is 0.273 e. The normalized spacial score (nSPS) is 20.9. The lowest BCUT2D eigenvalue weighted by atomic mass is 9.91. The Labute approximate surface area is 208 Å². The van der Waals surface area contributed by atoms with Crippen LogP contribution in [0.25, 0.3) is 10.6 Å². The van der Waals surface area contributed by atoms with Gasteiger partial charge in [0.15, 0.2) is 0 Å². The van der Waals surface area contributed by atoms with E-state index in [2.05, 4.69) is 5.32 Å². The first-order valence-electron chi connectivity index (χ1n) is 11.9. The molecule has 3 heterocycles. The predicted octanol–water partition coefficient (Wildman–Crippen LogP) is 5.17. The van der Waals surface area contributed by atoms with Crippen LogP contribution in [0.2, 0.25) is 5.02 Å². The molecule has 6 nitrogen and oxygen atoms in total. The zero-order valence-corrected chi connectivity index (χ0v) is 20.9. The third-order valence-corrected chi connectivity index (χ3v) is 8.18. The van der Waals surface area contributed by atoms with Gasteiger partial charge in [-0.3, -0.25) is 14.3 Å². The Hall–Kier alpha value is -2.64. The largest absolute Gasteiger partial charge is 0.351 e. The molecule has 2 amide bonds. The summed E-state index contributed by atoms with van der Waals surface area (Å²) in [6, 6.07) is 13.6. The lowest BCUT2D eigenvalue weighted by Gasteiger charge is -2.44. The van der Waals surface area contributed by atoms with Crippen molar-refractivity contribution >= 4 is 34.8 Å². The highest BCUT2D eigenvalue weighted by Gasteiger charge is 2.48. The summed E-state index contributed by atoms with van der Waals surface area (Å²) in [7, 11) is 0. The fourth-order valence-corrected chi connectivity index (χ4v) is 5.82. The van der Waals surface area contributed by atoms with E-state index in [1.165, 1.54) is 6.42 Å². The molecule has 2 aliphatic rings. The summed E-state index contributed by atoms with van der Waals surface area (Å²) in [5, 5.41) is 10.7. The van der Waals surface area contributed by atoms with Crippen LogP contribution >= 0.6 is 22.9 Å². The SMILES string of the molecule is C[C@]1(C(=O)NC2CCCCC2)Cn2nc(-c3cccs3)cc2C(=O)N1CCc1ccc(Cl)cc1. The van der Waals surface area contributed by atoms with Gasteiger partial charge in [-0.25, -0.2) is 0 Å². The van der Waals surface area contributed by atoms with Gasteiger partial charge < -0.3 is 10.2 Å².